The fraction of sp³-hybridized carbons (Fsp3) is 0.250. The second-order valence-electron chi connectivity index (χ2n) is 6.23. The average Bonchev–Trinajstić information content (AvgIpc) is 2.65. The molecule has 0 saturated carbocycles. The van der Waals surface area contributed by atoms with Crippen LogP contribution in [0, 0.1) is 0 Å². The number of anilines is 2. The Morgan fingerprint density at radius 2 is 1.62 bits per heavy atom. The van der Waals surface area contributed by atoms with Crippen LogP contribution in [0.4, 0.5) is 24.5 Å². The summed E-state index contributed by atoms with van der Waals surface area (Å²) in [6.45, 7) is 2.50. The van der Waals surface area contributed by atoms with Gasteiger partial charge in [0.2, 0.25) is 5.91 Å². The van der Waals surface area contributed by atoms with Gasteiger partial charge in [0.05, 0.1) is 0 Å². The molecule has 29 heavy (non-hydrogen) atoms. The molecule has 0 unspecified atom stereocenters. The third kappa shape index (κ3) is 6.34. The highest BCUT2D eigenvalue weighted by Gasteiger charge is 2.41. The van der Waals surface area contributed by atoms with E-state index in [9.17, 15) is 27.6 Å². The second-order valence-corrected chi connectivity index (χ2v) is 6.23. The molecule has 3 amide bonds. The van der Waals surface area contributed by atoms with Crippen LogP contribution in [0.25, 0.3) is 0 Å². The van der Waals surface area contributed by atoms with Crippen molar-refractivity contribution < 1.29 is 27.6 Å². The summed E-state index contributed by atoms with van der Waals surface area (Å²) >= 11 is 0. The summed E-state index contributed by atoms with van der Waals surface area (Å²) in [5.41, 5.74) is 1.72. The van der Waals surface area contributed by atoms with Crippen molar-refractivity contribution in [1.29, 1.82) is 0 Å². The van der Waals surface area contributed by atoms with Gasteiger partial charge in [-0.25, -0.2) is 0 Å². The molecule has 0 fully saturated rings. The first-order valence-corrected chi connectivity index (χ1v) is 8.74. The van der Waals surface area contributed by atoms with Crippen LogP contribution in [0.5, 0.6) is 0 Å². The number of carbonyl (C=O) groups excluding carboxylic acids is 3. The van der Waals surface area contributed by atoms with Crippen molar-refractivity contribution >= 4 is 29.1 Å². The van der Waals surface area contributed by atoms with Crippen molar-refractivity contribution in [3.8, 4) is 0 Å². The normalized spacial score (nSPS) is 10.9. The largest absolute Gasteiger partial charge is 0.471 e. The Labute approximate surface area is 165 Å². The van der Waals surface area contributed by atoms with Gasteiger partial charge in [-0.15, -0.1) is 0 Å². The molecule has 0 radical (unpaired) electrons. The number of hydrogen-bond donors (Lipinski definition) is 2. The van der Waals surface area contributed by atoms with Crippen molar-refractivity contribution in [2.45, 2.75) is 26.6 Å². The quantitative estimate of drug-likeness (QED) is 0.765. The molecule has 154 valence electrons. The first-order valence-electron chi connectivity index (χ1n) is 8.74. The van der Waals surface area contributed by atoms with Gasteiger partial charge in [0.1, 0.15) is 0 Å². The topological polar surface area (TPSA) is 78.5 Å². The number of benzene rings is 2. The van der Waals surface area contributed by atoms with Gasteiger partial charge in [-0.05, 0) is 48.9 Å². The molecular weight excluding hydrogens is 387 g/mol. The van der Waals surface area contributed by atoms with E-state index in [4.69, 9.17) is 0 Å². The lowest BCUT2D eigenvalue weighted by molar-refractivity contribution is -0.185. The van der Waals surface area contributed by atoms with E-state index in [2.05, 4.69) is 10.6 Å². The van der Waals surface area contributed by atoms with Crippen molar-refractivity contribution in [2.24, 2.45) is 0 Å². The summed E-state index contributed by atoms with van der Waals surface area (Å²) in [7, 11) is 0. The van der Waals surface area contributed by atoms with Gasteiger partial charge in [-0.3, -0.25) is 14.4 Å². The molecule has 6 nitrogen and oxygen atoms in total. The molecule has 0 spiro atoms. The Bertz CT molecular complexity index is 896. The molecule has 0 aliphatic heterocycles. The van der Waals surface area contributed by atoms with Crippen LogP contribution in [-0.2, 0) is 16.1 Å². The minimum absolute atomic E-state index is 0.102. The van der Waals surface area contributed by atoms with Crippen molar-refractivity contribution in [1.82, 2.24) is 4.90 Å². The Morgan fingerprint density at radius 3 is 2.17 bits per heavy atom. The summed E-state index contributed by atoms with van der Waals surface area (Å²) in [6.07, 6.45) is -4.94. The van der Waals surface area contributed by atoms with E-state index in [-0.39, 0.29) is 19.0 Å². The van der Waals surface area contributed by atoms with Crippen molar-refractivity contribution in [2.75, 3.05) is 17.2 Å². The molecule has 0 atom stereocenters. The van der Waals surface area contributed by atoms with Crippen LogP contribution in [-0.4, -0.2) is 35.3 Å². The molecule has 2 aromatic rings. The first kappa shape index (κ1) is 21.9. The smallest absolute Gasteiger partial charge is 0.331 e. The first-order chi connectivity index (χ1) is 13.6. The summed E-state index contributed by atoms with van der Waals surface area (Å²) in [5, 5.41) is 5.25. The zero-order chi connectivity index (χ0) is 21.6. The predicted molar refractivity (Wildman–Crippen MR) is 102 cm³/mol. The molecule has 9 heteroatoms. The van der Waals surface area contributed by atoms with Gasteiger partial charge in [0.15, 0.2) is 0 Å². The van der Waals surface area contributed by atoms with Gasteiger partial charge in [-0.2, -0.15) is 13.2 Å². The standard InChI is InChI=1S/C20H20F3N3O3/c1-3-26(19(29)20(21,22)23)12-14-5-4-6-17(11-14)25-18(28)15-7-9-16(10-8-15)24-13(2)27/h4-11H,3,12H2,1-2H3,(H,24,27)(H,25,28). The van der Waals surface area contributed by atoms with Gasteiger partial charge < -0.3 is 15.5 Å². The fourth-order valence-corrected chi connectivity index (χ4v) is 2.59. The van der Waals surface area contributed by atoms with Gasteiger partial charge in [0, 0.05) is 37.0 Å². The Balaban J connectivity index is 2.08. The summed E-state index contributed by atoms with van der Waals surface area (Å²) in [6, 6.07) is 12.5. The predicted octanol–water partition coefficient (Wildman–Crippen LogP) is 3.81. The molecule has 0 heterocycles. The molecular formula is C20H20F3N3O3. The lowest BCUT2D eigenvalue weighted by Gasteiger charge is -2.22. The number of amides is 3. The highest BCUT2D eigenvalue weighted by atomic mass is 19.4. The maximum Gasteiger partial charge on any atom is 0.471 e. The maximum absolute atomic E-state index is 12.7. The zero-order valence-corrected chi connectivity index (χ0v) is 15.8. The Kier molecular flexibility index (Phi) is 6.98. The van der Waals surface area contributed by atoms with Crippen LogP contribution in [0.2, 0.25) is 0 Å². The van der Waals surface area contributed by atoms with E-state index in [1.54, 1.807) is 30.3 Å². The molecule has 0 aliphatic rings. The van der Waals surface area contributed by atoms with Crippen molar-refractivity contribution in [3.63, 3.8) is 0 Å². The molecule has 0 saturated heterocycles. The number of carbonyl (C=O) groups is 3. The van der Waals surface area contributed by atoms with Gasteiger partial charge in [-0.1, -0.05) is 12.1 Å². The van der Waals surface area contributed by atoms with E-state index >= 15 is 0 Å². The van der Waals surface area contributed by atoms with Crippen LogP contribution in [0.1, 0.15) is 29.8 Å². The van der Waals surface area contributed by atoms with Crippen LogP contribution >= 0.6 is 0 Å². The minimum atomic E-state index is -4.94. The number of rotatable bonds is 6. The lowest BCUT2D eigenvalue weighted by atomic mass is 10.1. The Morgan fingerprint density at radius 1 is 0.966 bits per heavy atom. The SMILES string of the molecule is CCN(Cc1cccc(NC(=O)c2ccc(NC(C)=O)cc2)c1)C(=O)C(F)(F)F. The van der Waals surface area contributed by atoms with Crippen LogP contribution < -0.4 is 10.6 Å². The van der Waals surface area contributed by atoms with Crippen molar-refractivity contribution in [3.05, 3.63) is 59.7 Å². The second kappa shape index (κ2) is 9.22. The van der Waals surface area contributed by atoms with Gasteiger partial charge >= 0.3 is 12.1 Å². The Hall–Kier alpha value is -3.36. The van der Waals surface area contributed by atoms with E-state index < -0.39 is 18.0 Å². The number of nitrogens with zero attached hydrogens (tertiary/aromatic N) is 1. The zero-order valence-electron chi connectivity index (χ0n) is 15.8. The maximum atomic E-state index is 12.7. The molecule has 0 aromatic heterocycles. The number of halogens is 3. The highest BCUT2D eigenvalue weighted by Crippen LogP contribution is 2.21. The van der Waals surface area contributed by atoms with Gasteiger partial charge in [0.25, 0.3) is 5.91 Å². The van der Waals surface area contributed by atoms with E-state index in [1.165, 1.54) is 32.0 Å². The number of hydrogen-bond acceptors (Lipinski definition) is 3. The molecule has 2 rings (SSSR count). The summed E-state index contributed by atoms with van der Waals surface area (Å²) in [4.78, 5) is 35.5. The number of nitrogens with one attached hydrogen (secondary N) is 2. The summed E-state index contributed by atoms with van der Waals surface area (Å²) in [5.74, 6) is -2.56. The monoisotopic (exact) mass is 407 g/mol. The molecule has 2 aromatic carbocycles. The number of alkyl halides is 3. The minimum Gasteiger partial charge on any atom is -0.331 e. The van der Waals surface area contributed by atoms with E-state index in [0.29, 0.717) is 27.4 Å². The lowest BCUT2D eigenvalue weighted by Crippen LogP contribution is -2.40. The van der Waals surface area contributed by atoms with Crippen LogP contribution in [0.15, 0.2) is 48.5 Å². The average molecular weight is 407 g/mol. The summed E-state index contributed by atoms with van der Waals surface area (Å²) < 4.78 is 38.0. The third-order valence-electron chi connectivity index (χ3n) is 3.94. The molecule has 0 aliphatic carbocycles. The van der Waals surface area contributed by atoms with Crippen LogP contribution in [0.3, 0.4) is 0 Å². The van der Waals surface area contributed by atoms with E-state index in [1.807, 2.05) is 0 Å². The van der Waals surface area contributed by atoms with E-state index in [0.717, 1.165) is 0 Å². The fourth-order valence-electron chi connectivity index (χ4n) is 2.59. The molecule has 2 N–H and O–H groups in total. The molecule has 0 bridgehead atoms. The third-order valence-corrected chi connectivity index (χ3v) is 3.94. The highest BCUT2D eigenvalue weighted by molar-refractivity contribution is 6.04.